The van der Waals surface area contributed by atoms with Crippen LogP contribution >= 0.6 is 0 Å². The molecule has 0 aliphatic carbocycles. The van der Waals surface area contributed by atoms with Crippen LogP contribution in [0.4, 0.5) is 0 Å². The summed E-state index contributed by atoms with van der Waals surface area (Å²) in [6.45, 7) is 1.99. The fraction of sp³-hybridized carbons (Fsp3) is 0.143. The number of benzene rings is 1. The van der Waals surface area contributed by atoms with E-state index < -0.39 is 0 Å². The van der Waals surface area contributed by atoms with Crippen LogP contribution in [0, 0.1) is 6.92 Å². The summed E-state index contributed by atoms with van der Waals surface area (Å²) in [5.41, 5.74) is 1.92. The van der Waals surface area contributed by atoms with Crippen molar-refractivity contribution in [3.8, 4) is 0 Å². The molecule has 0 unspecified atom stereocenters. The molecule has 0 spiro atoms. The Bertz CT molecular complexity index is 203. The van der Waals surface area contributed by atoms with Crippen LogP contribution in [0.15, 0.2) is 24.3 Å². The average molecular weight is 118 g/mol. The van der Waals surface area contributed by atoms with Crippen molar-refractivity contribution in [2.75, 3.05) is 0 Å². The Balaban J connectivity index is 3.01. The molecular formula is C7H7BO. The van der Waals surface area contributed by atoms with Gasteiger partial charge in [-0.2, -0.15) is 0 Å². The average Bonchev–Trinajstić information content (AvgIpc) is 1.90. The molecule has 1 aromatic carbocycles. The van der Waals surface area contributed by atoms with Crippen LogP contribution in [-0.2, 0) is 4.70 Å². The van der Waals surface area contributed by atoms with Crippen LogP contribution in [0.3, 0.4) is 0 Å². The van der Waals surface area contributed by atoms with E-state index in [0.29, 0.717) is 0 Å². The van der Waals surface area contributed by atoms with E-state index in [1.807, 2.05) is 31.2 Å². The minimum atomic E-state index is 0.737. The summed E-state index contributed by atoms with van der Waals surface area (Å²) in [5.74, 6) is 0. The van der Waals surface area contributed by atoms with Crippen molar-refractivity contribution in [2.24, 2.45) is 0 Å². The van der Waals surface area contributed by atoms with Crippen molar-refractivity contribution in [1.29, 1.82) is 0 Å². The molecule has 0 aliphatic rings. The van der Waals surface area contributed by atoms with Crippen LogP contribution in [0.25, 0.3) is 0 Å². The zero-order valence-electron chi connectivity index (χ0n) is 5.29. The molecule has 0 saturated heterocycles. The second-order valence-corrected chi connectivity index (χ2v) is 2.03. The third kappa shape index (κ3) is 1.49. The van der Waals surface area contributed by atoms with Crippen LogP contribution in [-0.4, -0.2) is 7.15 Å². The first-order valence-electron chi connectivity index (χ1n) is 2.85. The molecular weight excluding hydrogens is 111 g/mol. The van der Waals surface area contributed by atoms with Gasteiger partial charge in [-0.15, -0.1) is 0 Å². The molecule has 0 radical (unpaired) electrons. The summed E-state index contributed by atoms with van der Waals surface area (Å²) in [6, 6.07) is 7.46. The second kappa shape index (κ2) is 2.58. The van der Waals surface area contributed by atoms with Gasteiger partial charge >= 0.3 is 54.1 Å². The zero-order chi connectivity index (χ0) is 6.69. The second-order valence-electron chi connectivity index (χ2n) is 2.03. The molecule has 0 aliphatic heterocycles. The first-order chi connectivity index (χ1) is 4.33. The summed E-state index contributed by atoms with van der Waals surface area (Å²) >= 11 is 0. The van der Waals surface area contributed by atoms with E-state index in [-0.39, 0.29) is 0 Å². The molecule has 0 fully saturated rings. The van der Waals surface area contributed by atoms with Gasteiger partial charge < -0.3 is 0 Å². The van der Waals surface area contributed by atoms with Crippen molar-refractivity contribution in [1.82, 2.24) is 0 Å². The summed E-state index contributed by atoms with van der Waals surface area (Å²) < 4.78 is 10.1. The molecule has 0 N–H and O–H groups in total. The van der Waals surface area contributed by atoms with Crippen molar-refractivity contribution in [3.63, 3.8) is 0 Å². The SMILES string of the molecule is Cc1ccc(B=O)cc1. The van der Waals surface area contributed by atoms with Crippen molar-refractivity contribution in [3.05, 3.63) is 29.8 Å². The predicted octanol–water partition coefficient (Wildman–Crippen LogP) is 0.670. The van der Waals surface area contributed by atoms with E-state index in [9.17, 15) is 4.70 Å². The molecule has 1 rings (SSSR count). The monoisotopic (exact) mass is 118 g/mol. The number of aryl methyl sites for hydroxylation is 1. The van der Waals surface area contributed by atoms with E-state index in [4.69, 9.17) is 0 Å². The number of rotatable bonds is 1. The van der Waals surface area contributed by atoms with Crippen LogP contribution in [0.5, 0.6) is 0 Å². The molecule has 0 bridgehead atoms. The molecule has 0 heterocycles. The van der Waals surface area contributed by atoms with E-state index >= 15 is 0 Å². The molecule has 0 aromatic heterocycles. The fourth-order valence-electron chi connectivity index (χ4n) is 0.645. The van der Waals surface area contributed by atoms with Crippen LogP contribution in [0.1, 0.15) is 5.56 Å². The summed E-state index contributed by atoms with van der Waals surface area (Å²) in [4.78, 5) is 0. The Labute approximate surface area is 55.0 Å². The van der Waals surface area contributed by atoms with E-state index in [1.165, 1.54) is 5.56 Å². The predicted molar refractivity (Wildman–Crippen MR) is 37.3 cm³/mol. The Morgan fingerprint density at radius 1 is 1.22 bits per heavy atom. The normalized spacial score (nSPS) is 8.56. The first kappa shape index (κ1) is 6.21. The van der Waals surface area contributed by atoms with Crippen molar-refractivity contribution >= 4 is 12.6 Å². The van der Waals surface area contributed by atoms with Gasteiger partial charge in [-0.25, -0.2) is 0 Å². The summed E-state index contributed by atoms with van der Waals surface area (Å²) in [6.07, 6.45) is 0. The third-order valence-electron chi connectivity index (χ3n) is 1.21. The molecule has 0 atom stereocenters. The van der Waals surface area contributed by atoms with Gasteiger partial charge in [0.05, 0.1) is 0 Å². The molecule has 0 saturated carbocycles. The van der Waals surface area contributed by atoms with Gasteiger partial charge in [0.25, 0.3) is 0 Å². The third-order valence-corrected chi connectivity index (χ3v) is 1.21. The number of hydrogen-bond acceptors (Lipinski definition) is 1. The van der Waals surface area contributed by atoms with Gasteiger partial charge in [-0.05, 0) is 0 Å². The summed E-state index contributed by atoms with van der Waals surface area (Å²) in [7, 11) is 0.847. The maximum atomic E-state index is 10.1. The molecule has 44 valence electrons. The Kier molecular flexibility index (Phi) is 1.78. The maximum absolute atomic E-state index is 10.1. The molecule has 1 nitrogen and oxygen atoms in total. The first-order valence-corrected chi connectivity index (χ1v) is 2.85. The Hall–Kier alpha value is -0.915. The molecule has 2 heteroatoms. The molecule has 1 aromatic rings. The van der Waals surface area contributed by atoms with Gasteiger partial charge in [0.15, 0.2) is 0 Å². The van der Waals surface area contributed by atoms with E-state index in [0.717, 1.165) is 12.6 Å². The van der Waals surface area contributed by atoms with Gasteiger partial charge in [-0.1, -0.05) is 0 Å². The van der Waals surface area contributed by atoms with Gasteiger partial charge in [0, 0.05) is 0 Å². The van der Waals surface area contributed by atoms with E-state index in [1.54, 1.807) is 0 Å². The Morgan fingerprint density at radius 3 is 2.22 bits per heavy atom. The molecule has 0 amide bonds. The minimum absolute atomic E-state index is 0.737. The van der Waals surface area contributed by atoms with Gasteiger partial charge in [0.2, 0.25) is 0 Å². The van der Waals surface area contributed by atoms with E-state index in [2.05, 4.69) is 0 Å². The number of hydrogen-bond donors (Lipinski definition) is 0. The topological polar surface area (TPSA) is 17.1 Å². The summed E-state index contributed by atoms with van der Waals surface area (Å²) in [5, 5.41) is 0. The quantitative estimate of drug-likeness (QED) is 0.495. The van der Waals surface area contributed by atoms with Crippen molar-refractivity contribution in [2.45, 2.75) is 6.92 Å². The van der Waals surface area contributed by atoms with Crippen LogP contribution in [0.2, 0.25) is 0 Å². The van der Waals surface area contributed by atoms with Crippen molar-refractivity contribution < 1.29 is 4.70 Å². The van der Waals surface area contributed by atoms with Gasteiger partial charge in [-0.3, -0.25) is 0 Å². The molecule has 9 heavy (non-hydrogen) atoms. The fourth-order valence-corrected chi connectivity index (χ4v) is 0.645. The standard InChI is InChI=1S/C7H7BO/c1-6-2-4-7(8-9)5-3-6/h2-5H,1H3. The zero-order valence-corrected chi connectivity index (χ0v) is 5.29. The van der Waals surface area contributed by atoms with Gasteiger partial charge in [0.1, 0.15) is 0 Å². The Morgan fingerprint density at radius 2 is 1.78 bits per heavy atom. The van der Waals surface area contributed by atoms with Crippen LogP contribution < -0.4 is 5.46 Å².